The zero-order valence-electron chi connectivity index (χ0n) is 18.7. The molecule has 4 aromatic rings. The summed E-state index contributed by atoms with van der Waals surface area (Å²) in [6.07, 6.45) is 1.81. The van der Waals surface area contributed by atoms with E-state index in [2.05, 4.69) is 10.4 Å². The molecule has 2 unspecified atom stereocenters. The summed E-state index contributed by atoms with van der Waals surface area (Å²) in [4.78, 5) is 12.5. The summed E-state index contributed by atoms with van der Waals surface area (Å²) in [5.41, 5.74) is 1.87. The Hall–Kier alpha value is -3.48. The normalized spacial score (nSPS) is 13.0. The number of hydrogen-bond acceptors (Lipinski definition) is 5. The lowest BCUT2D eigenvalue weighted by molar-refractivity contribution is 0.135. The van der Waals surface area contributed by atoms with E-state index in [-0.39, 0.29) is 11.6 Å². The molecule has 0 aliphatic carbocycles. The molecule has 3 aromatic carbocycles. The van der Waals surface area contributed by atoms with Gasteiger partial charge in [-0.05, 0) is 49.2 Å². The minimum atomic E-state index is -0.644. The summed E-state index contributed by atoms with van der Waals surface area (Å²) in [6, 6.07) is 24.9. The molecule has 0 fully saturated rings. The van der Waals surface area contributed by atoms with Crippen molar-refractivity contribution in [3.63, 3.8) is 0 Å². The van der Waals surface area contributed by atoms with Crippen LogP contribution in [0.15, 0.2) is 89.9 Å². The van der Waals surface area contributed by atoms with Gasteiger partial charge in [0.15, 0.2) is 0 Å². The molecule has 170 valence electrons. The average Bonchev–Trinajstić information content (AvgIpc) is 2.87. The lowest BCUT2D eigenvalue weighted by Gasteiger charge is -2.21. The molecular formula is C27H29N3O3. The Morgan fingerprint density at radius 3 is 2.52 bits per heavy atom. The van der Waals surface area contributed by atoms with Crippen LogP contribution in [0.5, 0.6) is 5.75 Å². The number of nitrogens with one attached hydrogen (secondary N) is 1. The molecule has 4 rings (SSSR count). The van der Waals surface area contributed by atoms with Gasteiger partial charge >= 0.3 is 0 Å². The Morgan fingerprint density at radius 2 is 1.73 bits per heavy atom. The number of nitrogens with zero attached hydrogens (tertiary/aromatic N) is 2. The molecule has 0 spiro atoms. The number of fused-ring (bicyclic) bond motifs is 1. The van der Waals surface area contributed by atoms with Crippen molar-refractivity contribution in [3.8, 4) is 5.75 Å². The number of aliphatic hydroxyl groups excluding tert-OH is 1. The summed E-state index contributed by atoms with van der Waals surface area (Å²) in [7, 11) is 0. The van der Waals surface area contributed by atoms with Gasteiger partial charge in [0.2, 0.25) is 0 Å². The molecule has 0 saturated carbocycles. The van der Waals surface area contributed by atoms with E-state index in [1.165, 1.54) is 4.68 Å². The van der Waals surface area contributed by atoms with Gasteiger partial charge in [-0.25, -0.2) is 4.68 Å². The van der Waals surface area contributed by atoms with Crippen LogP contribution in [0.1, 0.15) is 30.6 Å². The van der Waals surface area contributed by atoms with E-state index in [4.69, 9.17) is 4.74 Å². The second-order valence-corrected chi connectivity index (χ2v) is 8.14. The molecule has 6 heteroatoms. The minimum Gasteiger partial charge on any atom is -0.489 e. The molecule has 0 radical (unpaired) electrons. The van der Waals surface area contributed by atoms with Crippen LogP contribution in [0.2, 0.25) is 0 Å². The zero-order chi connectivity index (χ0) is 23.0. The Bertz CT molecular complexity index is 1220. The lowest BCUT2D eigenvalue weighted by atomic mass is 10.0. The minimum absolute atomic E-state index is 0.0734. The first kappa shape index (κ1) is 22.7. The van der Waals surface area contributed by atoms with Crippen molar-refractivity contribution in [2.24, 2.45) is 0 Å². The van der Waals surface area contributed by atoms with Crippen LogP contribution >= 0.6 is 0 Å². The number of rotatable bonds is 10. The third-order valence-corrected chi connectivity index (χ3v) is 5.72. The van der Waals surface area contributed by atoms with Gasteiger partial charge < -0.3 is 15.2 Å². The number of aliphatic hydroxyl groups is 1. The van der Waals surface area contributed by atoms with Crippen molar-refractivity contribution in [2.75, 3.05) is 6.54 Å². The number of hydrogen-bond donors (Lipinski definition) is 2. The highest BCUT2D eigenvalue weighted by atomic mass is 16.5. The van der Waals surface area contributed by atoms with E-state index < -0.39 is 6.10 Å². The molecule has 0 aliphatic heterocycles. The molecule has 0 saturated heterocycles. The van der Waals surface area contributed by atoms with Crippen LogP contribution in [0.3, 0.4) is 0 Å². The SMILES string of the molecule is CC(NCCCn1ncc2ccccc2c1=O)C(O)c1ccc(OCc2ccccc2)cc1. The largest absolute Gasteiger partial charge is 0.489 e. The third kappa shape index (κ3) is 5.86. The van der Waals surface area contributed by atoms with Gasteiger partial charge in [-0.15, -0.1) is 0 Å². The fourth-order valence-corrected chi connectivity index (χ4v) is 3.75. The molecule has 6 nitrogen and oxygen atoms in total. The van der Waals surface area contributed by atoms with E-state index in [9.17, 15) is 9.90 Å². The number of ether oxygens (including phenoxy) is 1. The van der Waals surface area contributed by atoms with Crippen molar-refractivity contribution in [3.05, 3.63) is 107 Å². The van der Waals surface area contributed by atoms with Crippen LogP contribution in [0.4, 0.5) is 0 Å². The second kappa shape index (κ2) is 10.9. The first-order valence-electron chi connectivity index (χ1n) is 11.2. The van der Waals surface area contributed by atoms with E-state index in [1.54, 1.807) is 6.20 Å². The van der Waals surface area contributed by atoms with Gasteiger partial charge in [0, 0.05) is 18.0 Å². The van der Waals surface area contributed by atoms with Crippen molar-refractivity contribution in [1.82, 2.24) is 15.1 Å². The van der Waals surface area contributed by atoms with Gasteiger partial charge in [0.1, 0.15) is 12.4 Å². The molecule has 0 amide bonds. The predicted octanol–water partition coefficient (Wildman–Crippen LogP) is 4.08. The van der Waals surface area contributed by atoms with Crippen molar-refractivity contribution in [2.45, 2.75) is 38.6 Å². The molecule has 33 heavy (non-hydrogen) atoms. The number of aryl methyl sites for hydroxylation is 1. The first-order valence-corrected chi connectivity index (χ1v) is 11.2. The molecule has 0 bridgehead atoms. The summed E-state index contributed by atoms with van der Waals surface area (Å²) >= 11 is 0. The highest BCUT2D eigenvalue weighted by molar-refractivity contribution is 5.80. The Balaban J connectivity index is 1.24. The van der Waals surface area contributed by atoms with Crippen LogP contribution in [-0.4, -0.2) is 27.5 Å². The monoisotopic (exact) mass is 443 g/mol. The molecular weight excluding hydrogens is 414 g/mol. The highest BCUT2D eigenvalue weighted by Gasteiger charge is 2.16. The van der Waals surface area contributed by atoms with Crippen molar-refractivity contribution >= 4 is 10.8 Å². The molecule has 2 N–H and O–H groups in total. The van der Waals surface area contributed by atoms with Gasteiger partial charge in [0.25, 0.3) is 5.56 Å². The van der Waals surface area contributed by atoms with Crippen LogP contribution < -0.4 is 15.6 Å². The van der Waals surface area contributed by atoms with Crippen molar-refractivity contribution in [1.29, 1.82) is 0 Å². The van der Waals surface area contributed by atoms with Gasteiger partial charge in [-0.2, -0.15) is 5.10 Å². The summed E-state index contributed by atoms with van der Waals surface area (Å²) in [5, 5.41) is 19.8. The Morgan fingerprint density at radius 1 is 1.00 bits per heavy atom. The predicted molar refractivity (Wildman–Crippen MR) is 130 cm³/mol. The summed E-state index contributed by atoms with van der Waals surface area (Å²) in [5.74, 6) is 0.767. The number of aromatic nitrogens is 2. The zero-order valence-corrected chi connectivity index (χ0v) is 18.7. The van der Waals surface area contributed by atoms with Crippen molar-refractivity contribution < 1.29 is 9.84 Å². The summed E-state index contributed by atoms with van der Waals surface area (Å²) in [6.45, 7) is 3.64. The standard InChI is InChI=1S/C27H29N3O3/c1-20(28-16-7-17-30-27(32)25-11-6-5-10-23(25)18-29-30)26(31)22-12-14-24(15-13-22)33-19-21-8-3-2-4-9-21/h2-6,8-15,18,20,26,28,31H,7,16-17,19H2,1H3. The second-order valence-electron chi connectivity index (χ2n) is 8.14. The van der Waals surface area contributed by atoms with Crippen LogP contribution in [-0.2, 0) is 13.2 Å². The van der Waals surface area contributed by atoms with E-state index in [1.807, 2.05) is 85.8 Å². The third-order valence-electron chi connectivity index (χ3n) is 5.72. The van der Waals surface area contributed by atoms with Gasteiger partial charge in [0.05, 0.1) is 17.7 Å². The molecule has 0 aliphatic rings. The average molecular weight is 444 g/mol. The van der Waals surface area contributed by atoms with E-state index in [0.717, 1.165) is 28.7 Å². The number of benzene rings is 3. The van der Waals surface area contributed by atoms with Gasteiger partial charge in [-0.3, -0.25) is 4.79 Å². The molecule has 1 aromatic heterocycles. The molecule has 1 heterocycles. The lowest BCUT2D eigenvalue weighted by Crippen LogP contribution is -2.34. The Labute approximate surface area is 193 Å². The molecule has 2 atom stereocenters. The Kier molecular flexibility index (Phi) is 7.50. The van der Waals surface area contributed by atoms with Gasteiger partial charge in [-0.1, -0.05) is 60.7 Å². The smallest absolute Gasteiger partial charge is 0.274 e. The first-order chi connectivity index (χ1) is 16.1. The van der Waals surface area contributed by atoms with E-state index >= 15 is 0 Å². The van der Waals surface area contributed by atoms with E-state index in [0.29, 0.717) is 25.1 Å². The fourth-order valence-electron chi connectivity index (χ4n) is 3.75. The maximum atomic E-state index is 12.5. The van der Waals surface area contributed by atoms with Crippen LogP contribution in [0, 0.1) is 0 Å². The quantitative estimate of drug-likeness (QED) is 0.361. The highest BCUT2D eigenvalue weighted by Crippen LogP contribution is 2.21. The topological polar surface area (TPSA) is 76.4 Å². The van der Waals surface area contributed by atoms with Crippen LogP contribution in [0.25, 0.3) is 10.8 Å². The fraction of sp³-hybridized carbons (Fsp3) is 0.259. The maximum Gasteiger partial charge on any atom is 0.274 e. The summed E-state index contributed by atoms with van der Waals surface area (Å²) < 4.78 is 7.31. The maximum absolute atomic E-state index is 12.5.